The molecule has 0 heterocycles. The average Bonchev–Trinajstić information content (AvgIpc) is 2.43. The van der Waals surface area contributed by atoms with Crippen LogP contribution in [0.15, 0.2) is 21.5 Å². The summed E-state index contributed by atoms with van der Waals surface area (Å²) < 4.78 is 41.7. The highest BCUT2D eigenvalue weighted by Crippen LogP contribution is 2.26. The molecule has 0 unspecified atom stereocenters. The number of unbranched alkanes of at least 4 members (excludes halogenated alkanes) is 1. The molecule has 21 heavy (non-hydrogen) atoms. The zero-order valence-corrected chi connectivity index (χ0v) is 15.0. The molecule has 0 aromatic heterocycles. The van der Waals surface area contributed by atoms with Gasteiger partial charge in [0.1, 0.15) is 10.7 Å². The first-order valence-corrected chi connectivity index (χ1v) is 9.24. The molecule has 0 aliphatic rings. The smallest absolute Gasteiger partial charge is 0.246 e. The fourth-order valence-corrected chi connectivity index (χ4v) is 4.32. The molecule has 0 aliphatic heterocycles. The maximum absolute atomic E-state index is 14.5. The minimum atomic E-state index is -3.82. The molecular formula is C14H22BrFN2O2S. The van der Waals surface area contributed by atoms with Crippen molar-refractivity contribution in [1.29, 1.82) is 0 Å². The first-order chi connectivity index (χ1) is 9.88. The predicted molar refractivity (Wildman–Crippen MR) is 86.2 cm³/mol. The summed E-state index contributed by atoms with van der Waals surface area (Å²) in [7, 11) is -2.13. The van der Waals surface area contributed by atoms with Crippen LogP contribution in [0.1, 0.15) is 32.3 Å². The second-order valence-electron chi connectivity index (χ2n) is 4.76. The molecule has 0 bridgehead atoms. The van der Waals surface area contributed by atoms with E-state index in [4.69, 9.17) is 0 Å². The number of halogens is 2. The summed E-state index contributed by atoms with van der Waals surface area (Å²) in [6.07, 6.45) is 1.64. The van der Waals surface area contributed by atoms with Gasteiger partial charge in [-0.15, -0.1) is 0 Å². The topological polar surface area (TPSA) is 49.4 Å². The summed E-state index contributed by atoms with van der Waals surface area (Å²) in [5.41, 5.74) is 0.331. The summed E-state index contributed by atoms with van der Waals surface area (Å²) in [4.78, 5) is -0.264. The van der Waals surface area contributed by atoms with Gasteiger partial charge in [0, 0.05) is 29.7 Å². The second-order valence-corrected chi connectivity index (χ2v) is 7.58. The fourth-order valence-electron chi connectivity index (χ4n) is 2.05. The molecule has 4 nitrogen and oxygen atoms in total. The summed E-state index contributed by atoms with van der Waals surface area (Å²) in [6, 6.07) is 2.92. The van der Waals surface area contributed by atoms with Gasteiger partial charge in [-0.05, 0) is 25.6 Å². The lowest BCUT2D eigenvalue weighted by Crippen LogP contribution is -2.32. The van der Waals surface area contributed by atoms with Gasteiger partial charge in [-0.3, -0.25) is 0 Å². The molecular weight excluding hydrogens is 359 g/mol. The van der Waals surface area contributed by atoms with Crippen LogP contribution >= 0.6 is 15.9 Å². The van der Waals surface area contributed by atoms with Crippen LogP contribution in [0.25, 0.3) is 0 Å². The molecule has 0 amide bonds. The highest BCUT2D eigenvalue weighted by Gasteiger charge is 2.27. The Morgan fingerprint density at radius 2 is 2.00 bits per heavy atom. The van der Waals surface area contributed by atoms with Crippen molar-refractivity contribution in [2.45, 2.75) is 38.1 Å². The van der Waals surface area contributed by atoms with E-state index in [1.165, 1.54) is 10.4 Å². The van der Waals surface area contributed by atoms with Gasteiger partial charge in [-0.25, -0.2) is 12.8 Å². The van der Waals surface area contributed by atoms with Crippen LogP contribution in [0, 0.1) is 5.82 Å². The molecule has 120 valence electrons. The summed E-state index contributed by atoms with van der Waals surface area (Å²) >= 11 is 3.26. The number of sulfonamides is 1. The summed E-state index contributed by atoms with van der Waals surface area (Å²) in [6.45, 7) is 4.76. The Labute approximate surface area is 134 Å². The Hall–Kier alpha value is -0.500. The van der Waals surface area contributed by atoms with Crippen LogP contribution in [-0.2, 0) is 16.6 Å². The van der Waals surface area contributed by atoms with Crippen LogP contribution in [0.5, 0.6) is 0 Å². The second kappa shape index (κ2) is 8.22. The highest BCUT2D eigenvalue weighted by molar-refractivity contribution is 9.10. The van der Waals surface area contributed by atoms with E-state index in [0.717, 1.165) is 12.8 Å². The van der Waals surface area contributed by atoms with Crippen molar-refractivity contribution >= 4 is 26.0 Å². The lowest BCUT2D eigenvalue weighted by Gasteiger charge is -2.21. The van der Waals surface area contributed by atoms with Gasteiger partial charge in [0.2, 0.25) is 10.0 Å². The van der Waals surface area contributed by atoms with Crippen LogP contribution in [-0.4, -0.2) is 32.9 Å². The SMILES string of the molecule is CCCCN(CC)S(=O)(=O)c1cc(Br)cc(CNC)c1F. The van der Waals surface area contributed by atoms with Crippen molar-refractivity contribution in [1.82, 2.24) is 9.62 Å². The minimum absolute atomic E-state index is 0.264. The van der Waals surface area contributed by atoms with E-state index in [2.05, 4.69) is 21.2 Å². The number of benzene rings is 1. The molecule has 1 aromatic carbocycles. The Morgan fingerprint density at radius 3 is 2.52 bits per heavy atom. The maximum Gasteiger partial charge on any atom is 0.246 e. The molecule has 0 radical (unpaired) electrons. The number of nitrogens with one attached hydrogen (secondary N) is 1. The van der Waals surface area contributed by atoms with E-state index in [1.54, 1.807) is 20.0 Å². The molecule has 0 aliphatic carbocycles. The summed E-state index contributed by atoms with van der Waals surface area (Å²) in [5, 5.41) is 2.84. The molecule has 7 heteroatoms. The quantitative estimate of drug-likeness (QED) is 0.753. The van der Waals surface area contributed by atoms with E-state index in [9.17, 15) is 12.8 Å². The Balaban J connectivity index is 3.29. The van der Waals surface area contributed by atoms with Gasteiger partial charge in [0.05, 0.1) is 0 Å². The highest BCUT2D eigenvalue weighted by atomic mass is 79.9. The van der Waals surface area contributed by atoms with Crippen molar-refractivity contribution in [3.8, 4) is 0 Å². The molecule has 0 spiro atoms. The predicted octanol–water partition coefficient (Wildman–Crippen LogP) is 3.12. The normalized spacial score (nSPS) is 12.1. The first-order valence-electron chi connectivity index (χ1n) is 7.01. The third-order valence-corrected chi connectivity index (χ3v) is 5.61. The molecule has 1 rings (SSSR count). The van der Waals surface area contributed by atoms with Crippen molar-refractivity contribution < 1.29 is 12.8 Å². The Bertz CT molecular complexity index is 579. The van der Waals surface area contributed by atoms with Gasteiger partial charge in [0.25, 0.3) is 0 Å². The molecule has 0 atom stereocenters. The maximum atomic E-state index is 14.5. The van der Waals surface area contributed by atoms with Crippen LogP contribution in [0.3, 0.4) is 0 Å². The van der Waals surface area contributed by atoms with Gasteiger partial charge >= 0.3 is 0 Å². The monoisotopic (exact) mass is 380 g/mol. The number of nitrogens with zero attached hydrogens (tertiary/aromatic N) is 1. The minimum Gasteiger partial charge on any atom is -0.316 e. The van der Waals surface area contributed by atoms with Gasteiger partial charge < -0.3 is 5.32 Å². The van der Waals surface area contributed by atoms with E-state index < -0.39 is 15.8 Å². The average molecular weight is 381 g/mol. The van der Waals surface area contributed by atoms with E-state index in [1.807, 2.05) is 6.92 Å². The van der Waals surface area contributed by atoms with E-state index >= 15 is 0 Å². The van der Waals surface area contributed by atoms with Crippen molar-refractivity contribution in [3.05, 3.63) is 28.0 Å². The van der Waals surface area contributed by atoms with E-state index in [-0.39, 0.29) is 11.4 Å². The lowest BCUT2D eigenvalue weighted by molar-refractivity contribution is 0.414. The molecule has 0 fully saturated rings. The third kappa shape index (κ3) is 4.48. The number of rotatable bonds is 8. The lowest BCUT2D eigenvalue weighted by atomic mass is 10.2. The Morgan fingerprint density at radius 1 is 1.33 bits per heavy atom. The number of hydrogen-bond donors (Lipinski definition) is 1. The van der Waals surface area contributed by atoms with Crippen molar-refractivity contribution in [2.75, 3.05) is 20.1 Å². The van der Waals surface area contributed by atoms with Gasteiger partial charge in [0.15, 0.2) is 0 Å². The molecule has 1 N–H and O–H groups in total. The van der Waals surface area contributed by atoms with Crippen LogP contribution in [0.2, 0.25) is 0 Å². The summed E-state index contributed by atoms with van der Waals surface area (Å²) in [5.74, 6) is -0.678. The first kappa shape index (κ1) is 18.5. The standard InChI is InChI=1S/C14H22BrFN2O2S/c1-4-6-7-18(5-2)21(19,20)13-9-12(15)8-11(10-17-3)14(13)16/h8-9,17H,4-7,10H2,1-3H3. The van der Waals surface area contributed by atoms with Crippen molar-refractivity contribution in [3.63, 3.8) is 0 Å². The zero-order chi connectivity index (χ0) is 16.0. The molecule has 0 saturated carbocycles. The van der Waals surface area contributed by atoms with Crippen LogP contribution in [0.4, 0.5) is 4.39 Å². The molecule has 1 aromatic rings. The van der Waals surface area contributed by atoms with Gasteiger partial charge in [-0.2, -0.15) is 4.31 Å². The fraction of sp³-hybridized carbons (Fsp3) is 0.571. The largest absolute Gasteiger partial charge is 0.316 e. The molecule has 0 saturated heterocycles. The van der Waals surface area contributed by atoms with Crippen LogP contribution < -0.4 is 5.32 Å². The number of hydrogen-bond acceptors (Lipinski definition) is 3. The van der Waals surface area contributed by atoms with Gasteiger partial charge in [-0.1, -0.05) is 36.2 Å². The van der Waals surface area contributed by atoms with E-state index in [0.29, 0.717) is 23.1 Å². The zero-order valence-electron chi connectivity index (χ0n) is 12.6. The Kier molecular flexibility index (Phi) is 7.26. The third-order valence-electron chi connectivity index (χ3n) is 3.18. The van der Waals surface area contributed by atoms with Crippen molar-refractivity contribution in [2.24, 2.45) is 0 Å².